The fourth-order valence-corrected chi connectivity index (χ4v) is 4.12. The number of aromatic amines is 1. The smallest absolute Gasteiger partial charge is 0.254 e. The minimum Gasteiger partial charge on any atom is -0.339 e. The lowest BCUT2D eigenvalue weighted by molar-refractivity contribution is 0.0726. The molecule has 0 spiro atoms. The first-order valence-corrected chi connectivity index (χ1v) is 9.50. The minimum atomic E-state index is 0.0882. The van der Waals surface area contributed by atoms with Gasteiger partial charge in [-0.15, -0.1) is 0 Å². The molecular formula is C21H21N5O. The summed E-state index contributed by atoms with van der Waals surface area (Å²) in [5, 5.41) is 8.99. The van der Waals surface area contributed by atoms with E-state index in [9.17, 15) is 4.79 Å². The van der Waals surface area contributed by atoms with Crippen LogP contribution in [0.1, 0.15) is 42.2 Å². The molecular weight excluding hydrogens is 338 g/mol. The molecule has 1 amide bonds. The van der Waals surface area contributed by atoms with Crippen molar-refractivity contribution in [2.75, 3.05) is 19.6 Å². The summed E-state index contributed by atoms with van der Waals surface area (Å²) in [6.45, 7) is 4.32. The Morgan fingerprint density at radius 1 is 1.19 bits per heavy atom. The number of aliphatic imine (C=N–C) groups is 1. The molecule has 1 fully saturated rings. The number of pyridine rings is 1. The van der Waals surface area contributed by atoms with Crippen molar-refractivity contribution in [1.29, 1.82) is 0 Å². The highest BCUT2D eigenvalue weighted by Crippen LogP contribution is 2.31. The molecule has 0 radical (unpaired) electrons. The van der Waals surface area contributed by atoms with E-state index in [4.69, 9.17) is 4.98 Å². The Labute approximate surface area is 157 Å². The van der Waals surface area contributed by atoms with E-state index in [0.29, 0.717) is 12.1 Å². The molecule has 0 atom stereocenters. The topological polar surface area (TPSA) is 74.2 Å². The van der Waals surface area contributed by atoms with Crippen LogP contribution in [-0.2, 0) is 0 Å². The van der Waals surface area contributed by atoms with Crippen molar-refractivity contribution in [3.8, 4) is 0 Å². The minimum absolute atomic E-state index is 0.0882. The number of rotatable bonds is 2. The molecule has 136 valence electrons. The average Bonchev–Trinajstić information content (AvgIpc) is 3.35. The molecule has 0 aliphatic carbocycles. The molecule has 0 unspecified atom stereocenters. The summed E-state index contributed by atoms with van der Waals surface area (Å²) >= 11 is 0. The molecule has 1 aromatic carbocycles. The SMILES string of the molecule is CC1=NCC=C1c1cc(C(=O)N2CCCCC2)c2c(ccc3[nH]ncc32)n1. The van der Waals surface area contributed by atoms with Gasteiger partial charge in [0.05, 0.1) is 35.0 Å². The highest BCUT2D eigenvalue weighted by atomic mass is 16.2. The van der Waals surface area contributed by atoms with E-state index in [-0.39, 0.29) is 5.91 Å². The van der Waals surface area contributed by atoms with Crippen LogP contribution in [0.4, 0.5) is 0 Å². The average molecular weight is 359 g/mol. The van der Waals surface area contributed by atoms with Crippen molar-refractivity contribution >= 4 is 39.0 Å². The Balaban J connectivity index is 1.75. The first-order valence-electron chi connectivity index (χ1n) is 9.50. The van der Waals surface area contributed by atoms with Crippen LogP contribution >= 0.6 is 0 Å². The molecule has 1 N–H and O–H groups in total. The van der Waals surface area contributed by atoms with Crippen molar-refractivity contribution in [3.05, 3.63) is 41.7 Å². The monoisotopic (exact) mass is 359 g/mol. The van der Waals surface area contributed by atoms with Crippen LogP contribution < -0.4 is 0 Å². The number of piperidine rings is 1. The van der Waals surface area contributed by atoms with Gasteiger partial charge < -0.3 is 4.90 Å². The molecule has 6 heteroatoms. The Kier molecular flexibility index (Phi) is 3.77. The van der Waals surface area contributed by atoms with Gasteiger partial charge in [-0.1, -0.05) is 6.08 Å². The number of H-pyrrole nitrogens is 1. The van der Waals surface area contributed by atoms with Crippen molar-refractivity contribution in [2.24, 2.45) is 4.99 Å². The van der Waals surface area contributed by atoms with E-state index in [2.05, 4.69) is 21.3 Å². The zero-order valence-corrected chi connectivity index (χ0v) is 15.3. The second-order valence-corrected chi connectivity index (χ2v) is 7.24. The van der Waals surface area contributed by atoms with E-state index >= 15 is 0 Å². The number of fused-ring (bicyclic) bond motifs is 3. The zero-order valence-electron chi connectivity index (χ0n) is 15.3. The molecule has 27 heavy (non-hydrogen) atoms. The van der Waals surface area contributed by atoms with Crippen LogP contribution in [-0.4, -0.2) is 51.3 Å². The van der Waals surface area contributed by atoms with E-state index in [1.54, 1.807) is 6.20 Å². The number of hydrogen-bond acceptors (Lipinski definition) is 4. The molecule has 2 aliphatic heterocycles. The number of hydrogen-bond donors (Lipinski definition) is 1. The number of carbonyl (C=O) groups excluding carboxylic acids is 1. The molecule has 2 aromatic heterocycles. The lowest BCUT2D eigenvalue weighted by Gasteiger charge is -2.27. The van der Waals surface area contributed by atoms with Gasteiger partial charge in [-0.2, -0.15) is 5.10 Å². The van der Waals surface area contributed by atoms with E-state index in [1.807, 2.05) is 30.0 Å². The van der Waals surface area contributed by atoms with Crippen molar-refractivity contribution in [3.63, 3.8) is 0 Å². The predicted molar refractivity (Wildman–Crippen MR) is 107 cm³/mol. The molecule has 0 bridgehead atoms. The molecule has 0 saturated carbocycles. The summed E-state index contributed by atoms with van der Waals surface area (Å²) in [4.78, 5) is 24.7. The number of likely N-dealkylation sites (tertiary alicyclic amines) is 1. The number of nitrogens with zero attached hydrogens (tertiary/aromatic N) is 4. The maximum Gasteiger partial charge on any atom is 0.254 e. The first kappa shape index (κ1) is 16.2. The second-order valence-electron chi connectivity index (χ2n) is 7.24. The van der Waals surface area contributed by atoms with Crippen LogP contribution in [0.5, 0.6) is 0 Å². The summed E-state index contributed by atoms with van der Waals surface area (Å²) in [6, 6.07) is 5.89. The summed E-state index contributed by atoms with van der Waals surface area (Å²) in [6.07, 6.45) is 7.20. The van der Waals surface area contributed by atoms with Gasteiger partial charge in [-0.3, -0.25) is 14.9 Å². The van der Waals surface area contributed by atoms with Crippen LogP contribution in [0.2, 0.25) is 0 Å². The van der Waals surface area contributed by atoms with Crippen LogP contribution in [0.25, 0.3) is 27.4 Å². The van der Waals surface area contributed by atoms with Gasteiger partial charge in [0.25, 0.3) is 5.91 Å². The molecule has 4 heterocycles. The highest BCUT2D eigenvalue weighted by Gasteiger charge is 2.24. The molecule has 6 nitrogen and oxygen atoms in total. The van der Waals surface area contributed by atoms with Crippen LogP contribution in [0.15, 0.2) is 35.5 Å². The summed E-state index contributed by atoms with van der Waals surface area (Å²) in [5.74, 6) is 0.0882. The molecule has 3 aromatic rings. The normalized spacial score (nSPS) is 17.4. The van der Waals surface area contributed by atoms with E-state index in [1.165, 1.54) is 6.42 Å². The third-order valence-corrected chi connectivity index (χ3v) is 5.56. The fourth-order valence-electron chi connectivity index (χ4n) is 4.12. The lowest BCUT2D eigenvalue weighted by Crippen LogP contribution is -2.35. The van der Waals surface area contributed by atoms with Gasteiger partial charge in [-0.25, -0.2) is 4.98 Å². The molecule has 1 saturated heterocycles. The number of amides is 1. The van der Waals surface area contributed by atoms with Gasteiger partial charge in [0.2, 0.25) is 0 Å². The summed E-state index contributed by atoms with van der Waals surface area (Å²) in [7, 11) is 0. The lowest BCUT2D eigenvalue weighted by atomic mass is 9.99. The Bertz CT molecular complexity index is 1120. The number of benzene rings is 1. The third kappa shape index (κ3) is 2.63. The third-order valence-electron chi connectivity index (χ3n) is 5.56. The summed E-state index contributed by atoms with van der Waals surface area (Å²) in [5.41, 5.74) is 5.28. The van der Waals surface area contributed by atoms with Gasteiger partial charge in [0.15, 0.2) is 0 Å². The largest absolute Gasteiger partial charge is 0.339 e. The van der Waals surface area contributed by atoms with E-state index < -0.39 is 0 Å². The second kappa shape index (κ2) is 6.30. The van der Waals surface area contributed by atoms with Crippen molar-refractivity contribution in [2.45, 2.75) is 26.2 Å². The van der Waals surface area contributed by atoms with Crippen molar-refractivity contribution < 1.29 is 4.79 Å². The maximum atomic E-state index is 13.4. The Morgan fingerprint density at radius 2 is 2.04 bits per heavy atom. The molecule has 2 aliphatic rings. The summed E-state index contributed by atoms with van der Waals surface area (Å²) < 4.78 is 0. The fraction of sp³-hybridized carbons (Fsp3) is 0.333. The predicted octanol–water partition coefficient (Wildman–Crippen LogP) is 3.60. The number of aromatic nitrogens is 3. The van der Waals surface area contributed by atoms with Crippen molar-refractivity contribution in [1.82, 2.24) is 20.1 Å². The molecule has 5 rings (SSSR count). The van der Waals surface area contributed by atoms with Gasteiger partial charge in [0.1, 0.15) is 0 Å². The number of carbonyl (C=O) groups is 1. The van der Waals surface area contributed by atoms with Gasteiger partial charge >= 0.3 is 0 Å². The standard InChI is InChI=1S/C21H21N5O/c1-13-14(7-8-22-13)19-11-15(21(27)26-9-3-2-4-10-26)20-16-12-23-25-17(16)5-6-18(20)24-19/h5-7,11-12H,2-4,8-10H2,1H3,(H,23,25). The van der Waals surface area contributed by atoms with Crippen LogP contribution in [0, 0.1) is 0 Å². The Morgan fingerprint density at radius 3 is 2.81 bits per heavy atom. The maximum absolute atomic E-state index is 13.4. The van der Waals surface area contributed by atoms with E-state index in [0.717, 1.165) is 64.7 Å². The van der Waals surface area contributed by atoms with Gasteiger partial charge in [0, 0.05) is 35.1 Å². The number of allylic oxidation sites excluding steroid dienone is 1. The Hall–Kier alpha value is -3.02. The highest BCUT2D eigenvalue weighted by molar-refractivity contribution is 6.25. The van der Waals surface area contributed by atoms with Crippen LogP contribution in [0.3, 0.4) is 0 Å². The quantitative estimate of drug-likeness (QED) is 0.760. The number of nitrogens with one attached hydrogen (secondary N) is 1. The first-order chi connectivity index (χ1) is 13.2. The zero-order chi connectivity index (χ0) is 18.4. The van der Waals surface area contributed by atoms with Gasteiger partial charge in [-0.05, 0) is 44.4 Å².